The molecule has 3 rings (SSSR count). The average Bonchev–Trinajstić information content (AvgIpc) is 2.83. The molecule has 3 heteroatoms. The predicted octanol–water partition coefficient (Wildman–Crippen LogP) is 4.11. The third kappa shape index (κ3) is 2.87. The molecule has 1 aromatic rings. The van der Waals surface area contributed by atoms with Gasteiger partial charge in [-0.15, -0.1) is 11.3 Å². The van der Waals surface area contributed by atoms with E-state index in [1.165, 1.54) is 62.1 Å². The first-order valence-corrected chi connectivity index (χ1v) is 8.75. The molecule has 3 unspecified atom stereocenters. The number of aryl methyl sites for hydroxylation is 2. The molecule has 0 radical (unpaired) electrons. The summed E-state index contributed by atoms with van der Waals surface area (Å²) in [6, 6.07) is 0.498. The van der Waals surface area contributed by atoms with Gasteiger partial charge in [0.15, 0.2) is 0 Å². The molecule has 2 aliphatic carbocycles. The summed E-state index contributed by atoms with van der Waals surface area (Å²) in [7, 11) is 2.12. The number of rotatable bonds is 3. The van der Waals surface area contributed by atoms with Gasteiger partial charge >= 0.3 is 0 Å². The highest BCUT2D eigenvalue weighted by atomic mass is 32.1. The fourth-order valence-corrected chi connectivity index (χ4v) is 5.21. The molecular formula is C16H26N2S. The highest BCUT2D eigenvalue weighted by Crippen LogP contribution is 2.39. The highest BCUT2D eigenvalue weighted by molar-refractivity contribution is 7.11. The van der Waals surface area contributed by atoms with E-state index in [4.69, 9.17) is 4.98 Å². The Labute approximate surface area is 121 Å². The molecule has 1 aromatic heterocycles. The van der Waals surface area contributed by atoms with E-state index in [2.05, 4.69) is 19.3 Å². The van der Waals surface area contributed by atoms with Crippen molar-refractivity contribution in [2.45, 2.75) is 64.3 Å². The van der Waals surface area contributed by atoms with E-state index in [-0.39, 0.29) is 0 Å². The molecule has 0 spiro atoms. The van der Waals surface area contributed by atoms with E-state index >= 15 is 0 Å². The Balaban J connectivity index is 1.79. The van der Waals surface area contributed by atoms with Crippen molar-refractivity contribution < 1.29 is 0 Å². The van der Waals surface area contributed by atoms with Crippen LogP contribution in [0.2, 0.25) is 0 Å². The normalized spacial score (nSPS) is 28.9. The summed E-state index contributed by atoms with van der Waals surface area (Å²) in [5, 5.41) is 4.93. The molecule has 0 amide bonds. The van der Waals surface area contributed by atoms with Crippen molar-refractivity contribution >= 4 is 11.3 Å². The van der Waals surface area contributed by atoms with Gasteiger partial charge < -0.3 is 5.32 Å². The Morgan fingerprint density at radius 1 is 1.21 bits per heavy atom. The molecule has 0 aromatic carbocycles. The summed E-state index contributed by atoms with van der Waals surface area (Å²) in [6.45, 7) is 2.41. The number of hydrogen-bond donors (Lipinski definition) is 1. The van der Waals surface area contributed by atoms with Crippen LogP contribution in [0.15, 0.2) is 0 Å². The minimum Gasteiger partial charge on any atom is -0.311 e. The van der Waals surface area contributed by atoms with E-state index in [0.717, 1.165) is 11.8 Å². The van der Waals surface area contributed by atoms with E-state index in [1.54, 1.807) is 4.88 Å². The lowest BCUT2D eigenvalue weighted by molar-refractivity contribution is 0.229. The van der Waals surface area contributed by atoms with Crippen molar-refractivity contribution in [2.24, 2.45) is 11.8 Å². The van der Waals surface area contributed by atoms with Crippen molar-refractivity contribution in [3.63, 3.8) is 0 Å². The molecule has 1 heterocycles. The Bertz CT molecular complexity index is 403. The molecule has 1 saturated carbocycles. The van der Waals surface area contributed by atoms with Crippen molar-refractivity contribution in [3.8, 4) is 0 Å². The van der Waals surface area contributed by atoms with Gasteiger partial charge in [0, 0.05) is 4.88 Å². The molecular weight excluding hydrogens is 252 g/mol. The van der Waals surface area contributed by atoms with Crippen LogP contribution < -0.4 is 5.32 Å². The van der Waals surface area contributed by atoms with Crippen LogP contribution in [0.4, 0.5) is 0 Å². The molecule has 106 valence electrons. The van der Waals surface area contributed by atoms with Gasteiger partial charge in [0.2, 0.25) is 0 Å². The van der Waals surface area contributed by atoms with E-state index in [1.807, 2.05) is 11.3 Å². The zero-order chi connectivity index (χ0) is 13.2. The molecule has 0 saturated heterocycles. The second-order valence-corrected chi connectivity index (χ2v) is 7.54. The smallest absolute Gasteiger partial charge is 0.110 e. The van der Waals surface area contributed by atoms with Crippen molar-refractivity contribution in [3.05, 3.63) is 15.6 Å². The standard InChI is InChI=1S/C16H26N2S/c1-11-6-5-7-12(10-11)15(17-2)16-18-13-8-3-4-9-14(13)19-16/h11-12,15,17H,3-10H2,1-2H3. The Kier molecular flexibility index (Phi) is 4.23. The van der Waals surface area contributed by atoms with Gasteiger partial charge in [0.1, 0.15) is 5.01 Å². The molecule has 2 aliphatic rings. The van der Waals surface area contributed by atoms with Crippen molar-refractivity contribution in [2.75, 3.05) is 7.05 Å². The van der Waals surface area contributed by atoms with Crippen LogP contribution in [0.25, 0.3) is 0 Å². The van der Waals surface area contributed by atoms with Gasteiger partial charge in [-0.2, -0.15) is 0 Å². The van der Waals surface area contributed by atoms with Crippen LogP contribution in [-0.2, 0) is 12.8 Å². The van der Waals surface area contributed by atoms with Crippen LogP contribution in [0.5, 0.6) is 0 Å². The van der Waals surface area contributed by atoms with Crippen LogP contribution in [-0.4, -0.2) is 12.0 Å². The molecule has 0 aliphatic heterocycles. The zero-order valence-electron chi connectivity index (χ0n) is 12.2. The summed E-state index contributed by atoms with van der Waals surface area (Å²) >= 11 is 1.99. The second kappa shape index (κ2) is 5.92. The van der Waals surface area contributed by atoms with Gasteiger partial charge in [-0.3, -0.25) is 0 Å². The molecule has 19 heavy (non-hydrogen) atoms. The summed E-state index contributed by atoms with van der Waals surface area (Å²) in [5.74, 6) is 1.69. The van der Waals surface area contributed by atoms with E-state index < -0.39 is 0 Å². The van der Waals surface area contributed by atoms with Crippen LogP contribution in [0, 0.1) is 11.8 Å². The Morgan fingerprint density at radius 3 is 2.79 bits per heavy atom. The van der Waals surface area contributed by atoms with Gasteiger partial charge in [-0.25, -0.2) is 4.98 Å². The molecule has 3 atom stereocenters. The van der Waals surface area contributed by atoms with Gasteiger partial charge in [-0.05, 0) is 57.4 Å². The minimum absolute atomic E-state index is 0.498. The fraction of sp³-hybridized carbons (Fsp3) is 0.812. The molecule has 1 fully saturated rings. The summed E-state index contributed by atoms with van der Waals surface area (Å²) in [4.78, 5) is 6.55. The summed E-state index contributed by atoms with van der Waals surface area (Å²) < 4.78 is 0. The minimum atomic E-state index is 0.498. The number of thiazole rings is 1. The number of nitrogens with zero attached hydrogens (tertiary/aromatic N) is 1. The maximum absolute atomic E-state index is 4.98. The molecule has 2 nitrogen and oxygen atoms in total. The topological polar surface area (TPSA) is 24.9 Å². The highest BCUT2D eigenvalue weighted by Gasteiger charge is 2.30. The zero-order valence-corrected chi connectivity index (χ0v) is 13.1. The van der Waals surface area contributed by atoms with Crippen molar-refractivity contribution in [1.29, 1.82) is 0 Å². The van der Waals surface area contributed by atoms with Crippen LogP contribution in [0.1, 0.15) is 67.1 Å². The lowest BCUT2D eigenvalue weighted by Crippen LogP contribution is -2.28. The van der Waals surface area contributed by atoms with Crippen molar-refractivity contribution in [1.82, 2.24) is 10.3 Å². The SMILES string of the molecule is CNC(c1nc2c(s1)CCCC2)C1CCCC(C)C1. The first kappa shape index (κ1) is 13.6. The monoisotopic (exact) mass is 278 g/mol. The van der Waals surface area contributed by atoms with Crippen LogP contribution in [0.3, 0.4) is 0 Å². The van der Waals surface area contributed by atoms with Gasteiger partial charge in [0.25, 0.3) is 0 Å². The third-order valence-corrected chi connectivity index (χ3v) is 6.13. The summed E-state index contributed by atoms with van der Waals surface area (Å²) in [6.07, 6.45) is 10.7. The Morgan fingerprint density at radius 2 is 2.05 bits per heavy atom. The second-order valence-electron chi connectivity index (χ2n) is 6.43. The fourth-order valence-electron chi connectivity index (χ4n) is 3.85. The largest absolute Gasteiger partial charge is 0.311 e. The number of nitrogens with one attached hydrogen (secondary N) is 1. The Hall–Kier alpha value is -0.410. The molecule has 1 N–H and O–H groups in total. The predicted molar refractivity (Wildman–Crippen MR) is 81.7 cm³/mol. The number of fused-ring (bicyclic) bond motifs is 1. The molecule has 0 bridgehead atoms. The maximum atomic E-state index is 4.98. The quantitative estimate of drug-likeness (QED) is 0.900. The average molecular weight is 278 g/mol. The van der Waals surface area contributed by atoms with E-state index in [9.17, 15) is 0 Å². The third-order valence-electron chi connectivity index (χ3n) is 4.89. The first-order valence-electron chi connectivity index (χ1n) is 7.93. The van der Waals surface area contributed by atoms with E-state index in [0.29, 0.717) is 6.04 Å². The van der Waals surface area contributed by atoms with Crippen LogP contribution >= 0.6 is 11.3 Å². The maximum Gasteiger partial charge on any atom is 0.110 e. The summed E-state index contributed by atoms with van der Waals surface area (Å²) in [5.41, 5.74) is 1.41. The number of hydrogen-bond acceptors (Lipinski definition) is 3. The van der Waals surface area contributed by atoms with Gasteiger partial charge in [0.05, 0.1) is 11.7 Å². The lowest BCUT2D eigenvalue weighted by atomic mass is 9.79. The number of aromatic nitrogens is 1. The lowest BCUT2D eigenvalue weighted by Gasteiger charge is -2.32. The first-order chi connectivity index (χ1) is 9.28. The van der Waals surface area contributed by atoms with Gasteiger partial charge in [-0.1, -0.05) is 19.8 Å².